The lowest BCUT2D eigenvalue weighted by Crippen LogP contribution is -2.02. The van der Waals surface area contributed by atoms with Crippen LogP contribution in [-0.4, -0.2) is 23.3 Å². The van der Waals surface area contributed by atoms with Gasteiger partial charge in [-0.05, 0) is 12.8 Å². The number of rotatable bonds is 6. The summed E-state index contributed by atoms with van der Waals surface area (Å²) in [5, 5.41) is 20.8. The Morgan fingerprint density at radius 1 is 1.10 bits per heavy atom. The van der Waals surface area contributed by atoms with E-state index in [-0.39, 0.29) is 43.6 Å². The standard InChI is InChI=1S/C20H19Cl3O6/c1-4-6-8-14(21)11(27-3)7-9(24)18(8)29-19-13-12(10(5-2)28-20(13)26)15(22)17(25)16(19)23/h7,10,24-25H,4-6H2,1-3H3/t10-/m1/s1. The first-order chi connectivity index (χ1) is 13.8. The van der Waals surface area contributed by atoms with Gasteiger partial charge in [0.05, 0.1) is 17.2 Å². The Bertz CT molecular complexity index is 989. The quantitative estimate of drug-likeness (QED) is 0.482. The Kier molecular flexibility index (Phi) is 6.27. The maximum absolute atomic E-state index is 12.5. The van der Waals surface area contributed by atoms with Crippen molar-refractivity contribution in [1.29, 1.82) is 0 Å². The number of carbonyl (C=O) groups is 1. The number of aromatic hydroxyl groups is 2. The van der Waals surface area contributed by atoms with Crippen molar-refractivity contribution >= 4 is 40.8 Å². The number of esters is 1. The maximum Gasteiger partial charge on any atom is 0.343 e. The summed E-state index contributed by atoms with van der Waals surface area (Å²) in [6, 6.07) is 1.30. The molecule has 0 bridgehead atoms. The van der Waals surface area contributed by atoms with Gasteiger partial charge in [0.1, 0.15) is 22.4 Å². The average Bonchev–Trinajstić information content (AvgIpc) is 3.04. The Morgan fingerprint density at radius 2 is 1.79 bits per heavy atom. The molecule has 1 aliphatic rings. The second kappa shape index (κ2) is 8.38. The summed E-state index contributed by atoms with van der Waals surface area (Å²) in [5.41, 5.74) is 0.786. The van der Waals surface area contributed by atoms with Gasteiger partial charge in [0.25, 0.3) is 0 Å². The summed E-state index contributed by atoms with van der Waals surface area (Å²) < 4.78 is 16.4. The smallest absolute Gasteiger partial charge is 0.343 e. The molecule has 9 heteroatoms. The highest BCUT2D eigenvalue weighted by molar-refractivity contribution is 6.39. The molecule has 0 saturated carbocycles. The van der Waals surface area contributed by atoms with Gasteiger partial charge in [-0.15, -0.1) is 0 Å². The predicted octanol–water partition coefficient (Wildman–Crippen LogP) is 6.43. The SMILES string of the molecule is CCCc1c(Cl)c(OC)cc(O)c1Oc1c(Cl)c(O)c(Cl)c2c1C(=O)O[C@@H]2CC. The van der Waals surface area contributed by atoms with Gasteiger partial charge in [0.15, 0.2) is 23.0 Å². The Morgan fingerprint density at radius 3 is 2.38 bits per heavy atom. The summed E-state index contributed by atoms with van der Waals surface area (Å²) >= 11 is 18.9. The number of fused-ring (bicyclic) bond motifs is 1. The summed E-state index contributed by atoms with van der Waals surface area (Å²) in [7, 11) is 1.43. The molecule has 0 spiro atoms. The van der Waals surface area contributed by atoms with E-state index in [9.17, 15) is 15.0 Å². The van der Waals surface area contributed by atoms with Gasteiger partial charge < -0.3 is 24.4 Å². The third-order valence-corrected chi connectivity index (χ3v) is 5.82. The fourth-order valence-electron chi connectivity index (χ4n) is 3.30. The minimum Gasteiger partial charge on any atom is -0.505 e. The van der Waals surface area contributed by atoms with Crippen molar-refractivity contribution in [3.63, 3.8) is 0 Å². The highest BCUT2D eigenvalue weighted by Crippen LogP contribution is 2.54. The first-order valence-corrected chi connectivity index (χ1v) is 10.1. The van der Waals surface area contributed by atoms with Crippen molar-refractivity contribution in [2.45, 2.75) is 39.2 Å². The second-order valence-electron chi connectivity index (χ2n) is 6.47. The number of methoxy groups -OCH3 is 1. The molecule has 156 valence electrons. The van der Waals surface area contributed by atoms with Crippen LogP contribution in [-0.2, 0) is 11.2 Å². The van der Waals surface area contributed by atoms with Gasteiger partial charge in [-0.25, -0.2) is 4.79 Å². The normalized spacial score (nSPS) is 15.2. The predicted molar refractivity (Wildman–Crippen MR) is 110 cm³/mol. The Hall–Kier alpha value is -2.02. The molecule has 1 atom stereocenters. The highest BCUT2D eigenvalue weighted by atomic mass is 35.5. The molecular weight excluding hydrogens is 443 g/mol. The first-order valence-electron chi connectivity index (χ1n) is 8.97. The third kappa shape index (κ3) is 3.54. The van der Waals surface area contributed by atoms with E-state index in [1.165, 1.54) is 13.2 Å². The van der Waals surface area contributed by atoms with E-state index in [0.29, 0.717) is 30.4 Å². The minimum absolute atomic E-state index is 0.0104. The zero-order valence-electron chi connectivity index (χ0n) is 15.9. The third-order valence-electron chi connectivity index (χ3n) is 4.67. The largest absolute Gasteiger partial charge is 0.505 e. The maximum atomic E-state index is 12.5. The van der Waals surface area contributed by atoms with Crippen LogP contribution in [0.2, 0.25) is 15.1 Å². The van der Waals surface area contributed by atoms with Crippen molar-refractivity contribution in [2.75, 3.05) is 7.11 Å². The van der Waals surface area contributed by atoms with E-state index in [2.05, 4.69) is 0 Å². The van der Waals surface area contributed by atoms with Crippen LogP contribution >= 0.6 is 34.8 Å². The fourth-order valence-corrected chi connectivity index (χ4v) is 4.20. The zero-order valence-corrected chi connectivity index (χ0v) is 18.2. The van der Waals surface area contributed by atoms with Crippen molar-refractivity contribution < 1.29 is 29.2 Å². The topological polar surface area (TPSA) is 85.2 Å². The minimum atomic E-state index is -0.679. The fraction of sp³-hybridized carbons (Fsp3) is 0.350. The molecule has 1 heterocycles. The number of cyclic esters (lactones) is 1. The van der Waals surface area contributed by atoms with E-state index in [1.807, 2.05) is 13.8 Å². The first kappa shape index (κ1) is 21.7. The van der Waals surface area contributed by atoms with Crippen LogP contribution in [0, 0.1) is 0 Å². The van der Waals surface area contributed by atoms with Crippen LogP contribution in [0.4, 0.5) is 0 Å². The number of phenolic OH excluding ortho intramolecular Hbond substituents is 2. The molecule has 2 aromatic carbocycles. The molecule has 2 N–H and O–H groups in total. The van der Waals surface area contributed by atoms with Crippen LogP contribution < -0.4 is 9.47 Å². The van der Waals surface area contributed by atoms with Crippen molar-refractivity contribution in [2.24, 2.45) is 0 Å². The zero-order chi connectivity index (χ0) is 21.5. The Balaban J connectivity index is 2.25. The van der Waals surface area contributed by atoms with Gasteiger partial charge in [0, 0.05) is 17.2 Å². The summed E-state index contributed by atoms with van der Waals surface area (Å²) in [4.78, 5) is 12.5. The van der Waals surface area contributed by atoms with E-state index in [4.69, 9.17) is 49.0 Å². The molecule has 1 aliphatic heterocycles. The molecule has 0 fully saturated rings. The van der Waals surface area contributed by atoms with Crippen LogP contribution in [0.5, 0.6) is 28.7 Å². The molecule has 3 rings (SSSR count). The van der Waals surface area contributed by atoms with E-state index in [1.54, 1.807) is 0 Å². The molecule has 0 radical (unpaired) electrons. The molecule has 0 amide bonds. The van der Waals surface area contributed by atoms with Crippen LogP contribution in [0.1, 0.15) is 54.3 Å². The van der Waals surface area contributed by atoms with E-state index < -0.39 is 17.8 Å². The van der Waals surface area contributed by atoms with Crippen molar-refractivity contribution in [3.05, 3.63) is 37.8 Å². The van der Waals surface area contributed by atoms with Crippen LogP contribution in [0.25, 0.3) is 0 Å². The number of halogens is 3. The molecule has 0 aromatic heterocycles. The molecule has 0 aliphatic carbocycles. The monoisotopic (exact) mass is 460 g/mol. The highest BCUT2D eigenvalue weighted by Gasteiger charge is 2.39. The number of benzene rings is 2. The number of hydrogen-bond acceptors (Lipinski definition) is 6. The molecule has 29 heavy (non-hydrogen) atoms. The number of hydrogen-bond donors (Lipinski definition) is 2. The Labute approximate surface area is 182 Å². The molecular formula is C20H19Cl3O6. The van der Waals surface area contributed by atoms with Gasteiger partial charge in [0.2, 0.25) is 0 Å². The second-order valence-corrected chi connectivity index (χ2v) is 7.60. The van der Waals surface area contributed by atoms with E-state index >= 15 is 0 Å². The van der Waals surface area contributed by atoms with Crippen molar-refractivity contribution in [3.8, 4) is 28.7 Å². The molecule has 0 unspecified atom stereocenters. The van der Waals surface area contributed by atoms with Crippen LogP contribution in [0.3, 0.4) is 0 Å². The lowest BCUT2D eigenvalue weighted by Gasteiger charge is -2.19. The van der Waals surface area contributed by atoms with Gasteiger partial charge in [-0.2, -0.15) is 0 Å². The number of ether oxygens (including phenoxy) is 3. The summed E-state index contributed by atoms with van der Waals surface area (Å²) in [6.45, 7) is 3.74. The summed E-state index contributed by atoms with van der Waals surface area (Å²) in [5.74, 6) is -1.24. The van der Waals surface area contributed by atoms with Crippen molar-refractivity contribution in [1.82, 2.24) is 0 Å². The van der Waals surface area contributed by atoms with Gasteiger partial charge >= 0.3 is 5.97 Å². The van der Waals surface area contributed by atoms with Gasteiger partial charge in [-0.1, -0.05) is 55.1 Å². The van der Waals surface area contributed by atoms with Crippen LogP contribution in [0.15, 0.2) is 6.07 Å². The average molecular weight is 462 g/mol. The lowest BCUT2D eigenvalue weighted by molar-refractivity contribution is 0.0377. The number of carbonyl (C=O) groups excluding carboxylic acids is 1. The summed E-state index contributed by atoms with van der Waals surface area (Å²) in [6.07, 6.45) is 0.957. The lowest BCUT2D eigenvalue weighted by atomic mass is 10.0. The number of phenols is 2. The molecule has 2 aromatic rings. The molecule has 0 saturated heterocycles. The van der Waals surface area contributed by atoms with Gasteiger partial charge in [-0.3, -0.25) is 0 Å². The molecule has 6 nitrogen and oxygen atoms in total. The van der Waals surface area contributed by atoms with E-state index in [0.717, 1.165) is 0 Å².